The molecule has 2 aromatic carbocycles. The highest BCUT2D eigenvalue weighted by Crippen LogP contribution is 2.32. The molecule has 1 atom stereocenters. The summed E-state index contributed by atoms with van der Waals surface area (Å²) in [5, 5.41) is 4.79. The molecular weight excluding hydrogens is 293 g/mol. The van der Waals surface area contributed by atoms with Gasteiger partial charge in [0.25, 0.3) is 0 Å². The fraction of sp³-hybridized carbons (Fsp3) is 0.250. The van der Waals surface area contributed by atoms with Gasteiger partial charge in [0.15, 0.2) is 0 Å². The zero-order chi connectivity index (χ0) is 14.5. The van der Waals surface area contributed by atoms with Gasteiger partial charge in [-0.3, -0.25) is 0 Å². The van der Waals surface area contributed by atoms with Gasteiger partial charge in [-0.1, -0.05) is 35.3 Å². The van der Waals surface area contributed by atoms with Crippen LogP contribution in [-0.4, -0.2) is 6.61 Å². The van der Waals surface area contributed by atoms with Crippen molar-refractivity contribution in [3.05, 3.63) is 58.1 Å². The molecule has 106 valence electrons. The Labute approximate surface area is 129 Å². The molecular formula is C16H17Cl2NO. The Bertz CT molecular complexity index is 586. The van der Waals surface area contributed by atoms with Crippen LogP contribution in [0.4, 0.5) is 5.69 Å². The van der Waals surface area contributed by atoms with Crippen LogP contribution in [0.2, 0.25) is 10.0 Å². The number of anilines is 1. The first-order chi connectivity index (χ1) is 9.61. The molecule has 20 heavy (non-hydrogen) atoms. The molecule has 0 aromatic heterocycles. The van der Waals surface area contributed by atoms with E-state index in [2.05, 4.69) is 5.32 Å². The van der Waals surface area contributed by atoms with Crippen molar-refractivity contribution >= 4 is 28.9 Å². The number of hydrogen-bond donors (Lipinski definition) is 1. The molecule has 0 spiro atoms. The van der Waals surface area contributed by atoms with E-state index in [0.717, 1.165) is 17.0 Å². The van der Waals surface area contributed by atoms with Crippen molar-refractivity contribution in [2.75, 3.05) is 11.9 Å². The third-order valence-electron chi connectivity index (χ3n) is 2.98. The second-order valence-corrected chi connectivity index (χ2v) is 5.30. The molecule has 0 heterocycles. The first-order valence-electron chi connectivity index (χ1n) is 6.55. The molecule has 0 saturated heterocycles. The molecule has 0 fully saturated rings. The van der Waals surface area contributed by atoms with E-state index in [1.165, 1.54) is 0 Å². The molecule has 2 rings (SSSR count). The topological polar surface area (TPSA) is 21.3 Å². The number of ether oxygens (including phenoxy) is 1. The third-order valence-corrected chi connectivity index (χ3v) is 3.56. The smallest absolute Gasteiger partial charge is 0.142 e. The summed E-state index contributed by atoms with van der Waals surface area (Å²) < 4.78 is 5.61. The number of halogens is 2. The van der Waals surface area contributed by atoms with Crippen molar-refractivity contribution in [3.8, 4) is 5.75 Å². The molecule has 2 nitrogen and oxygen atoms in total. The van der Waals surface area contributed by atoms with Gasteiger partial charge in [-0.05, 0) is 49.7 Å². The van der Waals surface area contributed by atoms with Crippen LogP contribution < -0.4 is 10.1 Å². The van der Waals surface area contributed by atoms with Crippen molar-refractivity contribution in [3.63, 3.8) is 0 Å². The third kappa shape index (κ3) is 3.59. The van der Waals surface area contributed by atoms with E-state index in [1.54, 1.807) is 6.07 Å². The molecule has 0 aliphatic rings. The van der Waals surface area contributed by atoms with E-state index in [0.29, 0.717) is 16.7 Å². The predicted octanol–water partition coefficient (Wildman–Crippen LogP) is 5.57. The molecule has 0 saturated carbocycles. The highest BCUT2D eigenvalue weighted by molar-refractivity contribution is 6.33. The van der Waals surface area contributed by atoms with E-state index in [4.69, 9.17) is 27.9 Å². The van der Waals surface area contributed by atoms with Crippen LogP contribution in [0.1, 0.15) is 25.5 Å². The van der Waals surface area contributed by atoms with Crippen LogP contribution >= 0.6 is 23.2 Å². The lowest BCUT2D eigenvalue weighted by atomic mass is 10.1. The first-order valence-corrected chi connectivity index (χ1v) is 7.30. The summed E-state index contributed by atoms with van der Waals surface area (Å²) in [6, 6.07) is 13.4. The van der Waals surface area contributed by atoms with Gasteiger partial charge in [-0.25, -0.2) is 0 Å². The SMILES string of the molecule is CCOc1ccccc1NC(C)c1cc(Cl)ccc1Cl. The molecule has 0 radical (unpaired) electrons. The summed E-state index contributed by atoms with van der Waals surface area (Å²) in [5.41, 5.74) is 1.91. The summed E-state index contributed by atoms with van der Waals surface area (Å²) in [6.45, 7) is 4.64. The van der Waals surface area contributed by atoms with E-state index >= 15 is 0 Å². The highest BCUT2D eigenvalue weighted by Gasteiger charge is 2.12. The molecule has 2 aromatic rings. The van der Waals surface area contributed by atoms with Gasteiger partial charge in [0, 0.05) is 10.0 Å². The van der Waals surface area contributed by atoms with Crippen LogP contribution in [0.25, 0.3) is 0 Å². The minimum Gasteiger partial charge on any atom is -0.492 e. The number of rotatable bonds is 5. The number of benzene rings is 2. The van der Waals surface area contributed by atoms with Gasteiger partial charge in [0.1, 0.15) is 5.75 Å². The maximum Gasteiger partial charge on any atom is 0.142 e. The van der Waals surface area contributed by atoms with Gasteiger partial charge in [-0.2, -0.15) is 0 Å². The second-order valence-electron chi connectivity index (χ2n) is 4.46. The quantitative estimate of drug-likeness (QED) is 0.780. The summed E-state index contributed by atoms with van der Waals surface area (Å²) in [4.78, 5) is 0. The van der Waals surface area contributed by atoms with E-state index < -0.39 is 0 Å². The van der Waals surface area contributed by atoms with Gasteiger partial charge in [0.05, 0.1) is 18.3 Å². The first kappa shape index (κ1) is 15.0. The minimum absolute atomic E-state index is 0.0304. The van der Waals surface area contributed by atoms with Crippen LogP contribution in [0.15, 0.2) is 42.5 Å². The van der Waals surface area contributed by atoms with Crippen molar-refractivity contribution in [2.24, 2.45) is 0 Å². The Hall–Kier alpha value is -1.38. The van der Waals surface area contributed by atoms with Crippen molar-refractivity contribution in [1.29, 1.82) is 0 Å². The molecule has 0 aliphatic carbocycles. The molecule has 0 amide bonds. The number of hydrogen-bond acceptors (Lipinski definition) is 2. The molecule has 1 N–H and O–H groups in total. The van der Waals surface area contributed by atoms with Crippen LogP contribution in [0, 0.1) is 0 Å². The van der Waals surface area contributed by atoms with Crippen LogP contribution in [-0.2, 0) is 0 Å². The van der Waals surface area contributed by atoms with Crippen molar-refractivity contribution in [1.82, 2.24) is 0 Å². The second kappa shape index (κ2) is 6.87. The number of para-hydroxylation sites is 2. The largest absolute Gasteiger partial charge is 0.492 e. The Morgan fingerprint density at radius 3 is 2.65 bits per heavy atom. The van der Waals surface area contributed by atoms with E-state index in [9.17, 15) is 0 Å². The van der Waals surface area contributed by atoms with Gasteiger partial charge >= 0.3 is 0 Å². The number of nitrogens with one attached hydrogen (secondary N) is 1. The maximum atomic E-state index is 6.23. The standard InChI is InChI=1S/C16H17Cl2NO/c1-3-20-16-7-5-4-6-15(16)19-11(2)13-10-12(17)8-9-14(13)18/h4-11,19H,3H2,1-2H3. The van der Waals surface area contributed by atoms with Gasteiger partial charge in [0.2, 0.25) is 0 Å². The van der Waals surface area contributed by atoms with Gasteiger partial charge in [-0.15, -0.1) is 0 Å². The summed E-state index contributed by atoms with van der Waals surface area (Å²) in [6.07, 6.45) is 0. The normalized spacial score (nSPS) is 12.0. The fourth-order valence-corrected chi connectivity index (χ4v) is 2.49. The Balaban J connectivity index is 2.23. The lowest BCUT2D eigenvalue weighted by Gasteiger charge is -2.19. The Kier molecular flexibility index (Phi) is 5.16. The minimum atomic E-state index is 0.0304. The molecule has 0 bridgehead atoms. The monoisotopic (exact) mass is 309 g/mol. The van der Waals surface area contributed by atoms with Crippen LogP contribution in [0.3, 0.4) is 0 Å². The average molecular weight is 310 g/mol. The zero-order valence-electron chi connectivity index (χ0n) is 11.5. The predicted molar refractivity (Wildman–Crippen MR) is 86.1 cm³/mol. The van der Waals surface area contributed by atoms with E-state index in [1.807, 2.05) is 50.2 Å². The summed E-state index contributed by atoms with van der Waals surface area (Å²) in [7, 11) is 0. The lowest BCUT2D eigenvalue weighted by molar-refractivity contribution is 0.341. The Morgan fingerprint density at radius 2 is 1.90 bits per heavy atom. The van der Waals surface area contributed by atoms with Crippen molar-refractivity contribution in [2.45, 2.75) is 19.9 Å². The van der Waals surface area contributed by atoms with Crippen molar-refractivity contribution < 1.29 is 4.74 Å². The highest BCUT2D eigenvalue weighted by atomic mass is 35.5. The molecule has 1 unspecified atom stereocenters. The molecule has 4 heteroatoms. The van der Waals surface area contributed by atoms with Gasteiger partial charge < -0.3 is 10.1 Å². The lowest BCUT2D eigenvalue weighted by Crippen LogP contribution is -2.08. The Morgan fingerprint density at radius 1 is 1.15 bits per heavy atom. The van der Waals surface area contributed by atoms with E-state index in [-0.39, 0.29) is 6.04 Å². The molecule has 0 aliphatic heterocycles. The van der Waals surface area contributed by atoms with Crippen LogP contribution in [0.5, 0.6) is 5.75 Å². The average Bonchev–Trinajstić information content (AvgIpc) is 2.44. The fourth-order valence-electron chi connectivity index (χ4n) is 2.02. The zero-order valence-corrected chi connectivity index (χ0v) is 13.0. The maximum absolute atomic E-state index is 6.23. The summed E-state index contributed by atoms with van der Waals surface area (Å²) in [5.74, 6) is 0.833. The summed E-state index contributed by atoms with van der Waals surface area (Å²) >= 11 is 12.3.